The van der Waals surface area contributed by atoms with Crippen LogP contribution in [0, 0.1) is 5.82 Å². The van der Waals surface area contributed by atoms with Crippen LogP contribution in [0.3, 0.4) is 0 Å². The molecule has 1 N–H and O–H groups in total. The third kappa shape index (κ3) is 6.58. The summed E-state index contributed by atoms with van der Waals surface area (Å²) in [5.41, 5.74) is 0.997. The van der Waals surface area contributed by atoms with Gasteiger partial charge in [-0.15, -0.1) is 10.2 Å². The Labute approximate surface area is 198 Å². The zero-order valence-electron chi connectivity index (χ0n) is 18.2. The Morgan fingerprint density at radius 3 is 2.09 bits per heavy atom. The summed E-state index contributed by atoms with van der Waals surface area (Å²) in [5, 5.41) is 11.9. The molecule has 11 heteroatoms. The Morgan fingerprint density at radius 2 is 1.47 bits per heavy atom. The SMILES string of the molecule is O=C(NCc1ccc(F)cc1)c1nnc(CN2CCN(Cc3ccc(C(F)(F)F)cc3)CC2)s1. The van der Waals surface area contributed by atoms with E-state index < -0.39 is 11.7 Å². The number of aromatic nitrogens is 2. The van der Waals surface area contributed by atoms with Crippen LogP contribution in [0.15, 0.2) is 48.5 Å². The van der Waals surface area contributed by atoms with Gasteiger partial charge in [-0.2, -0.15) is 13.2 Å². The number of carbonyl (C=O) groups excluding carboxylic acids is 1. The predicted octanol–water partition coefficient (Wildman–Crippen LogP) is 3.94. The highest BCUT2D eigenvalue weighted by Crippen LogP contribution is 2.29. The fourth-order valence-corrected chi connectivity index (χ4v) is 4.42. The Morgan fingerprint density at radius 1 is 0.882 bits per heavy atom. The van der Waals surface area contributed by atoms with Crippen LogP contribution in [-0.2, 0) is 25.8 Å². The van der Waals surface area contributed by atoms with Crippen LogP contribution in [0.2, 0.25) is 0 Å². The van der Waals surface area contributed by atoms with Gasteiger partial charge in [0.1, 0.15) is 10.8 Å². The third-order valence-electron chi connectivity index (χ3n) is 5.54. The summed E-state index contributed by atoms with van der Waals surface area (Å²) in [4.78, 5) is 16.7. The molecule has 0 saturated carbocycles. The van der Waals surface area contributed by atoms with E-state index >= 15 is 0 Å². The summed E-state index contributed by atoms with van der Waals surface area (Å²) in [7, 11) is 0. The monoisotopic (exact) mass is 493 g/mol. The van der Waals surface area contributed by atoms with Gasteiger partial charge in [0.2, 0.25) is 5.01 Å². The number of hydrogen-bond acceptors (Lipinski definition) is 6. The molecule has 2 aromatic carbocycles. The Bertz CT molecular complexity index is 1090. The maximum atomic E-state index is 13.0. The van der Waals surface area contributed by atoms with Gasteiger partial charge < -0.3 is 5.32 Å². The molecule has 1 amide bonds. The van der Waals surface area contributed by atoms with Gasteiger partial charge in [0, 0.05) is 39.3 Å². The predicted molar refractivity (Wildman–Crippen MR) is 119 cm³/mol. The van der Waals surface area contributed by atoms with Crippen LogP contribution in [0.25, 0.3) is 0 Å². The summed E-state index contributed by atoms with van der Waals surface area (Å²) >= 11 is 1.24. The molecule has 4 rings (SSSR count). The fourth-order valence-electron chi connectivity index (χ4n) is 3.62. The summed E-state index contributed by atoms with van der Waals surface area (Å²) in [6.07, 6.45) is -4.32. The van der Waals surface area contributed by atoms with E-state index in [4.69, 9.17) is 0 Å². The number of benzene rings is 2. The topological polar surface area (TPSA) is 61.4 Å². The molecule has 1 aliphatic heterocycles. The second kappa shape index (κ2) is 10.6. The molecular weight excluding hydrogens is 470 g/mol. The van der Waals surface area contributed by atoms with Crippen molar-refractivity contribution in [2.45, 2.75) is 25.8 Å². The van der Waals surface area contributed by atoms with Gasteiger partial charge in [-0.3, -0.25) is 14.6 Å². The van der Waals surface area contributed by atoms with E-state index in [9.17, 15) is 22.4 Å². The molecule has 1 saturated heterocycles. The van der Waals surface area contributed by atoms with Gasteiger partial charge in [0.05, 0.1) is 12.1 Å². The van der Waals surface area contributed by atoms with Gasteiger partial charge in [-0.1, -0.05) is 35.6 Å². The number of piperazine rings is 1. The van der Waals surface area contributed by atoms with Crippen LogP contribution in [0.4, 0.5) is 17.6 Å². The standard InChI is InChI=1S/C23H23F4N5OS/c24-19-7-3-16(4-8-19)13-28-21(33)22-30-29-20(34-22)15-32-11-9-31(10-12-32)14-17-1-5-18(6-2-17)23(25,26)27/h1-8H,9-15H2,(H,28,33). The largest absolute Gasteiger partial charge is 0.416 e. The molecule has 34 heavy (non-hydrogen) atoms. The summed E-state index contributed by atoms with van der Waals surface area (Å²) in [6, 6.07) is 11.2. The minimum atomic E-state index is -4.32. The summed E-state index contributed by atoms with van der Waals surface area (Å²) < 4.78 is 51.1. The van der Waals surface area contributed by atoms with E-state index in [-0.39, 0.29) is 23.3 Å². The minimum Gasteiger partial charge on any atom is -0.346 e. The van der Waals surface area contributed by atoms with Crippen molar-refractivity contribution in [1.29, 1.82) is 0 Å². The first-order valence-corrected chi connectivity index (χ1v) is 11.5. The molecule has 180 valence electrons. The smallest absolute Gasteiger partial charge is 0.346 e. The molecule has 1 aliphatic rings. The number of hydrogen-bond donors (Lipinski definition) is 1. The number of nitrogens with zero attached hydrogens (tertiary/aromatic N) is 4. The molecule has 0 unspecified atom stereocenters. The fraction of sp³-hybridized carbons (Fsp3) is 0.348. The molecule has 0 aliphatic carbocycles. The van der Waals surface area contributed by atoms with Crippen molar-refractivity contribution in [2.24, 2.45) is 0 Å². The van der Waals surface area contributed by atoms with Gasteiger partial charge in [0.15, 0.2) is 0 Å². The van der Waals surface area contributed by atoms with E-state index in [1.54, 1.807) is 12.1 Å². The second-order valence-corrected chi connectivity index (χ2v) is 9.12. The van der Waals surface area contributed by atoms with Crippen molar-refractivity contribution >= 4 is 17.2 Å². The van der Waals surface area contributed by atoms with E-state index in [2.05, 4.69) is 25.3 Å². The summed E-state index contributed by atoms with van der Waals surface area (Å²) in [5.74, 6) is -0.654. The molecule has 1 fully saturated rings. The molecule has 0 spiro atoms. The quantitative estimate of drug-likeness (QED) is 0.506. The van der Waals surface area contributed by atoms with E-state index in [1.165, 1.54) is 35.6 Å². The first-order valence-electron chi connectivity index (χ1n) is 10.7. The number of halogens is 4. The maximum absolute atomic E-state index is 13.0. The Kier molecular flexibility index (Phi) is 7.54. The number of amides is 1. The second-order valence-electron chi connectivity index (χ2n) is 8.06. The van der Waals surface area contributed by atoms with Crippen molar-refractivity contribution in [1.82, 2.24) is 25.3 Å². The highest BCUT2D eigenvalue weighted by Gasteiger charge is 2.30. The van der Waals surface area contributed by atoms with E-state index in [0.717, 1.165) is 54.4 Å². The molecule has 0 radical (unpaired) electrons. The molecule has 3 aromatic rings. The molecule has 6 nitrogen and oxygen atoms in total. The average Bonchev–Trinajstić information content (AvgIpc) is 3.28. The molecule has 1 aromatic heterocycles. The first kappa shape index (κ1) is 24.2. The molecule has 0 atom stereocenters. The van der Waals surface area contributed by atoms with Crippen molar-refractivity contribution in [3.8, 4) is 0 Å². The minimum absolute atomic E-state index is 0.273. The van der Waals surface area contributed by atoms with Crippen molar-refractivity contribution in [3.05, 3.63) is 81.1 Å². The summed E-state index contributed by atoms with van der Waals surface area (Å²) in [6.45, 7) is 4.59. The van der Waals surface area contributed by atoms with Crippen LogP contribution in [-0.4, -0.2) is 52.1 Å². The Balaban J connectivity index is 1.21. The molecule has 0 bridgehead atoms. The van der Waals surface area contributed by atoms with Crippen molar-refractivity contribution < 1.29 is 22.4 Å². The van der Waals surface area contributed by atoms with Crippen LogP contribution >= 0.6 is 11.3 Å². The van der Waals surface area contributed by atoms with E-state index in [1.807, 2.05) is 0 Å². The molecular formula is C23H23F4N5OS. The lowest BCUT2D eigenvalue weighted by Gasteiger charge is -2.34. The number of rotatable bonds is 7. The normalized spacial score (nSPS) is 15.4. The first-order chi connectivity index (χ1) is 16.3. The Hall–Kier alpha value is -2.89. The lowest BCUT2D eigenvalue weighted by molar-refractivity contribution is -0.137. The number of alkyl halides is 3. The number of nitrogens with one attached hydrogen (secondary N) is 1. The van der Waals surface area contributed by atoms with Gasteiger partial charge in [0.25, 0.3) is 5.91 Å². The van der Waals surface area contributed by atoms with Crippen LogP contribution in [0.5, 0.6) is 0 Å². The zero-order valence-corrected chi connectivity index (χ0v) is 19.0. The van der Waals surface area contributed by atoms with E-state index in [0.29, 0.717) is 13.1 Å². The van der Waals surface area contributed by atoms with Crippen LogP contribution < -0.4 is 5.32 Å². The van der Waals surface area contributed by atoms with Crippen molar-refractivity contribution in [3.63, 3.8) is 0 Å². The lowest BCUT2D eigenvalue weighted by Crippen LogP contribution is -2.45. The maximum Gasteiger partial charge on any atom is 0.416 e. The van der Waals surface area contributed by atoms with Gasteiger partial charge >= 0.3 is 6.18 Å². The average molecular weight is 494 g/mol. The lowest BCUT2D eigenvalue weighted by atomic mass is 10.1. The third-order valence-corrected chi connectivity index (χ3v) is 6.45. The molecule has 2 heterocycles. The number of carbonyl (C=O) groups is 1. The van der Waals surface area contributed by atoms with Gasteiger partial charge in [-0.25, -0.2) is 4.39 Å². The zero-order chi connectivity index (χ0) is 24.1. The highest BCUT2D eigenvalue weighted by molar-refractivity contribution is 7.13. The van der Waals surface area contributed by atoms with Crippen LogP contribution in [0.1, 0.15) is 31.5 Å². The van der Waals surface area contributed by atoms with Crippen molar-refractivity contribution in [2.75, 3.05) is 26.2 Å². The van der Waals surface area contributed by atoms with Gasteiger partial charge in [-0.05, 0) is 35.4 Å². The highest BCUT2D eigenvalue weighted by atomic mass is 32.1.